The highest BCUT2D eigenvalue weighted by Crippen LogP contribution is 2.33. The second kappa shape index (κ2) is 5.41. The smallest absolute Gasteiger partial charge is 0.150 e. The molecule has 1 heterocycles. The third-order valence-electron chi connectivity index (χ3n) is 4.05. The average Bonchev–Trinajstić information content (AvgIpc) is 2.38. The summed E-state index contributed by atoms with van der Waals surface area (Å²) >= 11 is 0. The van der Waals surface area contributed by atoms with E-state index in [1.54, 1.807) is 0 Å². The third-order valence-corrected chi connectivity index (χ3v) is 5.76. The Balaban J connectivity index is 2.04. The van der Waals surface area contributed by atoms with Crippen LogP contribution in [0, 0.1) is 5.92 Å². The van der Waals surface area contributed by atoms with Gasteiger partial charge < -0.3 is 5.73 Å². The van der Waals surface area contributed by atoms with Crippen molar-refractivity contribution in [3.05, 3.63) is 35.4 Å². The Morgan fingerprint density at radius 2 is 1.78 bits per heavy atom. The number of rotatable bonds is 3. The van der Waals surface area contributed by atoms with Gasteiger partial charge in [-0.25, -0.2) is 8.42 Å². The number of hydrogen-bond donors (Lipinski definition) is 1. The molecule has 4 heteroatoms. The van der Waals surface area contributed by atoms with Gasteiger partial charge in [0.25, 0.3) is 0 Å². The summed E-state index contributed by atoms with van der Waals surface area (Å²) in [6, 6.07) is 8.36. The van der Waals surface area contributed by atoms with E-state index in [0.29, 0.717) is 29.9 Å². The molecule has 2 rings (SSSR count). The molecule has 0 amide bonds. The summed E-state index contributed by atoms with van der Waals surface area (Å²) in [5.41, 5.74) is 8.01. The van der Waals surface area contributed by atoms with Gasteiger partial charge in [0.05, 0.1) is 11.5 Å². The van der Waals surface area contributed by atoms with Crippen LogP contribution in [0.4, 0.5) is 0 Å². The van der Waals surface area contributed by atoms with Crippen LogP contribution in [0.2, 0.25) is 0 Å². The van der Waals surface area contributed by atoms with Crippen LogP contribution in [-0.2, 0) is 16.4 Å². The lowest BCUT2D eigenvalue weighted by Gasteiger charge is -2.28. The third kappa shape index (κ3) is 3.12. The summed E-state index contributed by atoms with van der Waals surface area (Å²) in [4.78, 5) is 0. The summed E-state index contributed by atoms with van der Waals surface area (Å²) in [7, 11) is -2.76. The molecule has 1 atom stereocenters. The zero-order valence-electron chi connectivity index (χ0n) is 10.8. The maximum atomic E-state index is 11.4. The minimum Gasteiger partial charge on any atom is -0.326 e. The predicted octanol–water partition coefficient (Wildman–Crippen LogP) is 2.07. The zero-order chi connectivity index (χ0) is 13.2. The number of nitrogens with two attached hydrogens (primary N) is 1. The van der Waals surface area contributed by atoms with Crippen molar-refractivity contribution in [3.63, 3.8) is 0 Å². The van der Waals surface area contributed by atoms with Gasteiger partial charge in [-0.05, 0) is 35.8 Å². The van der Waals surface area contributed by atoms with Crippen LogP contribution in [-0.4, -0.2) is 19.9 Å². The van der Waals surface area contributed by atoms with Crippen LogP contribution >= 0.6 is 0 Å². The van der Waals surface area contributed by atoms with Gasteiger partial charge in [-0.1, -0.05) is 31.2 Å². The highest BCUT2D eigenvalue weighted by atomic mass is 32.2. The molecule has 3 nitrogen and oxygen atoms in total. The van der Waals surface area contributed by atoms with E-state index in [2.05, 4.69) is 31.2 Å². The summed E-state index contributed by atoms with van der Waals surface area (Å²) in [5, 5.41) is 0. The fourth-order valence-electron chi connectivity index (χ4n) is 2.64. The summed E-state index contributed by atoms with van der Waals surface area (Å²) in [6.07, 6.45) is 1.59. The van der Waals surface area contributed by atoms with Gasteiger partial charge >= 0.3 is 0 Å². The molecule has 0 aromatic heterocycles. The Bertz CT molecular complexity index is 479. The molecular weight excluding hydrogens is 246 g/mol. The molecule has 0 spiro atoms. The van der Waals surface area contributed by atoms with Crippen molar-refractivity contribution in [3.8, 4) is 0 Å². The van der Waals surface area contributed by atoms with Gasteiger partial charge in [-0.15, -0.1) is 0 Å². The second-order valence-corrected chi connectivity index (χ2v) is 7.53. The van der Waals surface area contributed by atoms with Crippen molar-refractivity contribution in [1.82, 2.24) is 0 Å². The van der Waals surface area contributed by atoms with Crippen LogP contribution in [0.15, 0.2) is 24.3 Å². The summed E-state index contributed by atoms with van der Waals surface area (Å²) < 4.78 is 22.8. The summed E-state index contributed by atoms with van der Waals surface area (Å²) in [6.45, 7) is 2.76. The largest absolute Gasteiger partial charge is 0.326 e. The minimum absolute atomic E-state index is 0.350. The second-order valence-electron chi connectivity index (χ2n) is 5.22. The van der Waals surface area contributed by atoms with E-state index in [-0.39, 0.29) is 0 Å². The number of benzene rings is 1. The van der Waals surface area contributed by atoms with Gasteiger partial charge in [-0.3, -0.25) is 0 Å². The van der Waals surface area contributed by atoms with E-state index in [9.17, 15) is 8.42 Å². The van der Waals surface area contributed by atoms with Crippen molar-refractivity contribution in [1.29, 1.82) is 0 Å². The monoisotopic (exact) mass is 267 g/mol. The maximum Gasteiger partial charge on any atom is 0.150 e. The first kappa shape index (κ1) is 13.6. The number of hydrogen-bond acceptors (Lipinski definition) is 3. The molecule has 100 valence electrons. The molecule has 0 bridgehead atoms. The lowest BCUT2D eigenvalue weighted by Crippen LogP contribution is -2.26. The molecule has 1 aromatic rings. The zero-order valence-corrected chi connectivity index (χ0v) is 11.6. The van der Waals surface area contributed by atoms with E-state index in [1.165, 1.54) is 5.56 Å². The fourth-order valence-corrected chi connectivity index (χ4v) is 4.17. The Hall–Kier alpha value is -0.870. The molecule has 1 unspecified atom stereocenters. The van der Waals surface area contributed by atoms with Crippen LogP contribution in [0.25, 0.3) is 0 Å². The Kier molecular flexibility index (Phi) is 4.07. The highest BCUT2D eigenvalue weighted by Gasteiger charge is 2.27. The normalized spacial score (nSPS) is 21.7. The van der Waals surface area contributed by atoms with Crippen LogP contribution in [0.5, 0.6) is 0 Å². The molecule has 1 aliphatic heterocycles. The van der Waals surface area contributed by atoms with Gasteiger partial charge in [0.15, 0.2) is 0 Å². The predicted molar refractivity (Wildman–Crippen MR) is 74.1 cm³/mol. The quantitative estimate of drug-likeness (QED) is 0.912. The summed E-state index contributed by atoms with van der Waals surface area (Å²) in [5.74, 6) is 1.61. The fraction of sp³-hybridized carbons (Fsp3) is 0.571. The molecule has 0 aliphatic carbocycles. The molecule has 1 fully saturated rings. The first-order valence-corrected chi connectivity index (χ1v) is 8.33. The van der Waals surface area contributed by atoms with Crippen molar-refractivity contribution >= 4 is 9.84 Å². The van der Waals surface area contributed by atoms with Gasteiger partial charge in [0, 0.05) is 6.54 Å². The Labute approximate surface area is 109 Å². The van der Waals surface area contributed by atoms with Crippen molar-refractivity contribution in [2.45, 2.75) is 32.2 Å². The Morgan fingerprint density at radius 3 is 2.28 bits per heavy atom. The molecule has 1 aromatic carbocycles. The first-order valence-electron chi connectivity index (χ1n) is 6.51. The van der Waals surface area contributed by atoms with Gasteiger partial charge in [0.1, 0.15) is 9.84 Å². The molecule has 0 saturated carbocycles. The lowest BCUT2D eigenvalue weighted by atomic mass is 9.83. The van der Waals surface area contributed by atoms with Gasteiger partial charge in [0.2, 0.25) is 0 Å². The van der Waals surface area contributed by atoms with E-state index < -0.39 is 9.84 Å². The number of sulfone groups is 1. The molecule has 18 heavy (non-hydrogen) atoms. The highest BCUT2D eigenvalue weighted by molar-refractivity contribution is 7.91. The van der Waals surface area contributed by atoms with E-state index in [4.69, 9.17) is 5.73 Å². The topological polar surface area (TPSA) is 60.2 Å². The van der Waals surface area contributed by atoms with Crippen molar-refractivity contribution in [2.24, 2.45) is 11.7 Å². The average molecular weight is 267 g/mol. The lowest BCUT2D eigenvalue weighted by molar-refractivity contribution is 0.403. The molecule has 2 N–H and O–H groups in total. The minimum atomic E-state index is -2.76. The first-order chi connectivity index (χ1) is 8.52. The van der Waals surface area contributed by atoms with Gasteiger partial charge in [-0.2, -0.15) is 0 Å². The molecule has 1 aliphatic rings. The van der Waals surface area contributed by atoms with Crippen LogP contribution in [0.1, 0.15) is 36.8 Å². The van der Waals surface area contributed by atoms with Crippen LogP contribution < -0.4 is 5.73 Å². The van der Waals surface area contributed by atoms with E-state index in [1.807, 2.05) is 0 Å². The molecular formula is C14H21NO2S. The van der Waals surface area contributed by atoms with E-state index >= 15 is 0 Å². The molecule has 1 saturated heterocycles. The molecule has 0 radical (unpaired) electrons. The van der Waals surface area contributed by atoms with Crippen LogP contribution in [0.3, 0.4) is 0 Å². The SMILES string of the molecule is CC(c1ccc(CN)cc1)C1CCS(=O)(=O)CC1. The maximum absolute atomic E-state index is 11.4. The van der Waals surface area contributed by atoms with Crippen molar-refractivity contribution in [2.75, 3.05) is 11.5 Å². The van der Waals surface area contributed by atoms with E-state index in [0.717, 1.165) is 18.4 Å². The standard InChI is InChI=1S/C14H21NO2S/c1-11(13-4-2-12(10-15)3-5-13)14-6-8-18(16,17)9-7-14/h2-5,11,14H,6-10,15H2,1H3. The van der Waals surface area contributed by atoms with Crippen molar-refractivity contribution < 1.29 is 8.42 Å². The Morgan fingerprint density at radius 1 is 1.22 bits per heavy atom.